The molecule has 158 valence electrons. The van der Waals surface area contributed by atoms with E-state index in [1.807, 2.05) is 41.8 Å². The number of hydrogen-bond donors (Lipinski definition) is 2. The van der Waals surface area contributed by atoms with Gasteiger partial charge >= 0.3 is 0 Å². The summed E-state index contributed by atoms with van der Waals surface area (Å²) in [5.41, 5.74) is 2.95. The molecule has 0 atom stereocenters. The van der Waals surface area contributed by atoms with Crippen LogP contribution in [-0.4, -0.2) is 23.0 Å². The van der Waals surface area contributed by atoms with Gasteiger partial charge in [-0.15, -0.1) is 0 Å². The first-order chi connectivity index (χ1) is 15.0. The van der Waals surface area contributed by atoms with Gasteiger partial charge in [0.25, 0.3) is 0 Å². The van der Waals surface area contributed by atoms with Crippen molar-refractivity contribution in [3.05, 3.63) is 63.5 Å². The molecule has 4 rings (SSSR count). The van der Waals surface area contributed by atoms with Crippen molar-refractivity contribution < 1.29 is 9.90 Å². The predicted molar refractivity (Wildman–Crippen MR) is 122 cm³/mol. The number of nitrogens with zero attached hydrogens (tertiary/aromatic N) is 3. The summed E-state index contributed by atoms with van der Waals surface area (Å²) in [7, 11) is 1.78. The highest BCUT2D eigenvalue weighted by molar-refractivity contribution is 5.58. The molecule has 6 heteroatoms. The Morgan fingerprint density at radius 3 is 2.48 bits per heavy atom. The molecule has 0 saturated heterocycles. The van der Waals surface area contributed by atoms with Crippen LogP contribution >= 0.6 is 0 Å². The Morgan fingerprint density at radius 1 is 1.26 bits per heavy atom. The lowest BCUT2D eigenvalue weighted by Crippen LogP contribution is -2.29. The topological polar surface area (TPSA) is 95.3 Å². The Balaban J connectivity index is 0.000000478. The van der Waals surface area contributed by atoms with Crippen molar-refractivity contribution >= 4 is 24.1 Å². The molecule has 0 radical (unpaired) electrons. The van der Waals surface area contributed by atoms with Crippen LogP contribution in [0.4, 0.5) is 5.69 Å². The fourth-order valence-corrected chi connectivity index (χ4v) is 3.23. The molecule has 31 heavy (non-hydrogen) atoms. The van der Waals surface area contributed by atoms with Crippen LogP contribution in [0.3, 0.4) is 0 Å². The zero-order valence-corrected chi connectivity index (χ0v) is 17.8. The Kier molecular flexibility index (Phi) is 6.97. The second kappa shape index (κ2) is 9.84. The molecule has 1 aromatic heterocycles. The van der Waals surface area contributed by atoms with Gasteiger partial charge in [-0.2, -0.15) is 5.26 Å². The molecular weight excluding hydrogens is 388 g/mol. The van der Waals surface area contributed by atoms with Gasteiger partial charge in [0, 0.05) is 36.4 Å². The van der Waals surface area contributed by atoms with Crippen molar-refractivity contribution in [1.29, 1.82) is 5.26 Å². The Hall–Kier alpha value is -3.74. The van der Waals surface area contributed by atoms with Crippen LogP contribution in [0.2, 0.25) is 0 Å². The van der Waals surface area contributed by atoms with Gasteiger partial charge in [-0.3, -0.25) is 0 Å². The van der Waals surface area contributed by atoms with E-state index in [0.29, 0.717) is 30.1 Å². The van der Waals surface area contributed by atoms with E-state index >= 15 is 0 Å². The van der Waals surface area contributed by atoms with Crippen LogP contribution < -0.4 is 21.4 Å². The van der Waals surface area contributed by atoms with Gasteiger partial charge in [-0.1, -0.05) is 12.0 Å². The SMILES string of the molecule is CCn1c(C#Cc2ccc(N(C)N)cc2)c(C#N)c2c1=CC(O)=CCC=2.O=CC1CC1. The number of carbonyl (C=O) groups excluding carboxylic acids is 1. The van der Waals surface area contributed by atoms with E-state index in [4.69, 9.17) is 5.84 Å². The number of anilines is 1. The molecule has 1 saturated carbocycles. The molecule has 3 N–H and O–H groups in total. The van der Waals surface area contributed by atoms with Crippen molar-refractivity contribution in [2.45, 2.75) is 32.7 Å². The first-order valence-electron chi connectivity index (χ1n) is 10.3. The molecule has 0 amide bonds. The average Bonchev–Trinajstić information content (AvgIpc) is 3.59. The van der Waals surface area contributed by atoms with E-state index in [0.717, 1.165) is 40.9 Å². The second-order valence-electron chi connectivity index (χ2n) is 7.47. The number of fused-ring (bicyclic) bond motifs is 1. The van der Waals surface area contributed by atoms with Crippen LogP contribution in [0.5, 0.6) is 0 Å². The van der Waals surface area contributed by atoms with Crippen LogP contribution in [0.25, 0.3) is 12.2 Å². The van der Waals surface area contributed by atoms with Gasteiger partial charge in [-0.25, -0.2) is 5.84 Å². The summed E-state index contributed by atoms with van der Waals surface area (Å²) in [6.45, 7) is 2.65. The van der Waals surface area contributed by atoms with Crippen LogP contribution in [0.1, 0.15) is 43.0 Å². The molecule has 1 aromatic carbocycles. The number of aliphatic hydroxyl groups excluding tert-OH is 1. The highest BCUT2D eigenvalue weighted by Crippen LogP contribution is 2.25. The number of allylic oxidation sites excluding steroid dienone is 2. The monoisotopic (exact) mass is 414 g/mol. The van der Waals surface area contributed by atoms with Crippen molar-refractivity contribution in [2.75, 3.05) is 12.1 Å². The zero-order chi connectivity index (χ0) is 22.4. The lowest BCUT2D eigenvalue weighted by molar-refractivity contribution is -0.108. The number of rotatable bonds is 3. The fourth-order valence-electron chi connectivity index (χ4n) is 3.23. The largest absolute Gasteiger partial charge is 0.508 e. The summed E-state index contributed by atoms with van der Waals surface area (Å²) >= 11 is 0. The number of aliphatic hydroxyl groups is 1. The summed E-state index contributed by atoms with van der Waals surface area (Å²) in [4.78, 5) is 9.57. The number of benzene rings is 1. The van der Waals surface area contributed by atoms with E-state index in [9.17, 15) is 15.2 Å². The Morgan fingerprint density at radius 2 is 1.97 bits per heavy atom. The second-order valence-corrected chi connectivity index (χ2v) is 7.47. The average molecular weight is 415 g/mol. The minimum Gasteiger partial charge on any atom is -0.508 e. The van der Waals surface area contributed by atoms with E-state index in [1.54, 1.807) is 19.2 Å². The summed E-state index contributed by atoms with van der Waals surface area (Å²) < 4.78 is 1.97. The molecule has 0 bridgehead atoms. The van der Waals surface area contributed by atoms with Crippen molar-refractivity contribution in [1.82, 2.24) is 4.57 Å². The smallest absolute Gasteiger partial charge is 0.123 e. The van der Waals surface area contributed by atoms with Gasteiger partial charge in [0.05, 0.1) is 16.6 Å². The maximum absolute atomic E-state index is 9.95. The summed E-state index contributed by atoms with van der Waals surface area (Å²) in [6.07, 6.45) is 9.27. The Labute approximate surface area is 182 Å². The van der Waals surface area contributed by atoms with E-state index in [2.05, 4.69) is 17.9 Å². The van der Waals surface area contributed by atoms with E-state index in [-0.39, 0.29) is 5.76 Å². The molecule has 2 aliphatic rings. The first kappa shape index (κ1) is 22.0. The van der Waals surface area contributed by atoms with Gasteiger partial charge in [0.1, 0.15) is 23.8 Å². The van der Waals surface area contributed by atoms with Crippen molar-refractivity contribution in [3.8, 4) is 17.9 Å². The fraction of sp³-hybridized carbons (Fsp3) is 0.280. The number of aromatic nitrogens is 1. The molecule has 1 heterocycles. The van der Waals surface area contributed by atoms with Gasteiger partial charge in [-0.05, 0) is 62.4 Å². The number of hydrazine groups is 1. The number of hydrogen-bond acceptors (Lipinski definition) is 5. The quantitative estimate of drug-likeness (QED) is 0.347. The minimum atomic E-state index is 0.206. The third kappa shape index (κ3) is 5.25. The Bertz CT molecular complexity index is 1210. The van der Waals surface area contributed by atoms with Crippen LogP contribution in [-0.2, 0) is 11.3 Å². The molecule has 2 aliphatic carbocycles. The molecule has 0 spiro atoms. The lowest BCUT2D eigenvalue weighted by Gasteiger charge is -2.10. The van der Waals surface area contributed by atoms with Crippen LogP contribution in [0.15, 0.2) is 36.1 Å². The molecule has 0 unspecified atom stereocenters. The maximum atomic E-state index is 9.95. The zero-order valence-electron chi connectivity index (χ0n) is 17.8. The molecule has 0 aliphatic heterocycles. The van der Waals surface area contributed by atoms with Crippen LogP contribution in [0, 0.1) is 29.1 Å². The number of carbonyl (C=O) groups is 1. The third-order valence-electron chi connectivity index (χ3n) is 5.12. The van der Waals surface area contributed by atoms with Crippen molar-refractivity contribution in [3.63, 3.8) is 0 Å². The first-order valence-corrected chi connectivity index (χ1v) is 10.3. The molecule has 1 fully saturated rings. The highest BCUT2D eigenvalue weighted by Gasteiger charge is 2.19. The third-order valence-corrected chi connectivity index (χ3v) is 5.12. The minimum absolute atomic E-state index is 0.206. The number of nitrogens with two attached hydrogens (primary N) is 1. The molecule has 2 aromatic rings. The van der Waals surface area contributed by atoms with Gasteiger partial charge < -0.3 is 19.5 Å². The number of aldehydes is 1. The van der Waals surface area contributed by atoms with Crippen molar-refractivity contribution in [2.24, 2.45) is 11.8 Å². The molecular formula is C25H26N4O2. The summed E-state index contributed by atoms with van der Waals surface area (Å²) in [6, 6.07) is 9.87. The standard InChI is InChI=1S/C21H20N4O.C4H6O/c1-3-25-20(12-9-15-7-10-16(11-8-15)24(2)23)19(14-22)18-6-4-5-17(26)13-21(18)25;5-3-4-1-2-4/h5-8,10-11,13,26H,3-4,23H2,1-2H3;3-4H,1-2H2. The summed E-state index contributed by atoms with van der Waals surface area (Å²) in [5.74, 6) is 12.6. The maximum Gasteiger partial charge on any atom is 0.123 e. The lowest BCUT2D eigenvalue weighted by atomic mass is 10.1. The van der Waals surface area contributed by atoms with E-state index < -0.39 is 0 Å². The highest BCUT2D eigenvalue weighted by atomic mass is 16.3. The number of nitriles is 1. The molecule has 6 nitrogen and oxygen atoms in total. The van der Waals surface area contributed by atoms with Gasteiger partial charge in [0.15, 0.2) is 0 Å². The normalized spacial score (nSPS) is 13.9. The van der Waals surface area contributed by atoms with Gasteiger partial charge in [0.2, 0.25) is 0 Å². The summed E-state index contributed by atoms with van der Waals surface area (Å²) in [5, 5.41) is 22.8. The van der Waals surface area contributed by atoms with E-state index in [1.165, 1.54) is 5.01 Å². The predicted octanol–water partition coefficient (Wildman–Crippen LogP) is 2.09.